The minimum atomic E-state index is -0.144. The lowest BCUT2D eigenvalue weighted by molar-refractivity contribution is 0.660. The van der Waals surface area contributed by atoms with Gasteiger partial charge in [-0.3, -0.25) is 0 Å². The number of benzene rings is 9. The van der Waals surface area contributed by atoms with Gasteiger partial charge in [-0.1, -0.05) is 159 Å². The van der Waals surface area contributed by atoms with Gasteiger partial charge in [0.15, 0.2) is 0 Å². The van der Waals surface area contributed by atoms with Gasteiger partial charge in [0.05, 0.1) is 0 Å². The normalized spacial score (nSPS) is 12.9. The molecule has 0 atom stereocenters. The van der Waals surface area contributed by atoms with Crippen LogP contribution in [0.15, 0.2) is 205 Å². The van der Waals surface area contributed by atoms with Crippen molar-refractivity contribution in [2.24, 2.45) is 0 Å². The number of nitrogens with zero attached hydrogens (tertiary/aromatic N) is 1. The second-order valence-electron chi connectivity index (χ2n) is 15.7. The Kier molecular flexibility index (Phi) is 7.55. The minimum Gasteiger partial charge on any atom is -0.455 e. The Morgan fingerprint density at radius 1 is 0.351 bits per heavy atom. The first-order chi connectivity index (χ1) is 28.0. The molecule has 0 saturated heterocycles. The SMILES string of the molecule is CC1(C)c2ccccc2-c2ccc(N(c3cc(-c4ccccc4)cc(-c4ccccc4)c3)c3ccc4c(c3)oc3c5ccccc5c(-c5ccccc5)cc43)cc21. The van der Waals surface area contributed by atoms with E-state index in [1.54, 1.807) is 0 Å². The fourth-order valence-corrected chi connectivity index (χ4v) is 9.20. The van der Waals surface area contributed by atoms with Gasteiger partial charge in [-0.25, -0.2) is 0 Å². The summed E-state index contributed by atoms with van der Waals surface area (Å²) in [6.45, 7) is 4.70. The van der Waals surface area contributed by atoms with E-state index in [-0.39, 0.29) is 5.41 Å². The molecule has 270 valence electrons. The molecule has 2 heteroatoms. The predicted octanol–water partition coefficient (Wildman–Crippen LogP) is 15.5. The first kappa shape index (κ1) is 33.2. The fraction of sp³-hybridized carbons (Fsp3) is 0.0545. The van der Waals surface area contributed by atoms with E-state index in [0.29, 0.717) is 0 Å². The van der Waals surface area contributed by atoms with Crippen molar-refractivity contribution in [2.45, 2.75) is 19.3 Å². The number of hydrogen-bond donors (Lipinski definition) is 0. The fourth-order valence-electron chi connectivity index (χ4n) is 9.20. The van der Waals surface area contributed by atoms with Crippen LogP contribution in [0.4, 0.5) is 17.1 Å². The van der Waals surface area contributed by atoms with Crippen molar-refractivity contribution in [1.82, 2.24) is 0 Å². The highest BCUT2D eigenvalue weighted by atomic mass is 16.3. The molecule has 0 spiro atoms. The van der Waals surface area contributed by atoms with Crippen LogP contribution in [0.25, 0.3) is 77.2 Å². The third-order valence-corrected chi connectivity index (χ3v) is 12.0. The Morgan fingerprint density at radius 2 is 0.912 bits per heavy atom. The van der Waals surface area contributed by atoms with E-state index in [4.69, 9.17) is 4.42 Å². The monoisotopic (exact) mass is 729 g/mol. The highest BCUT2D eigenvalue weighted by molar-refractivity contribution is 6.19. The molecule has 0 bridgehead atoms. The molecule has 1 aliphatic rings. The summed E-state index contributed by atoms with van der Waals surface area (Å²) in [4.78, 5) is 2.42. The summed E-state index contributed by atoms with van der Waals surface area (Å²) in [6, 6.07) is 72.6. The van der Waals surface area contributed by atoms with Crippen molar-refractivity contribution in [1.29, 1.82) is 0 Å². The molecule has 0 N–H and O–H groups in total. The molecule has 0 fully saturated rings. The largest absolute Gasteiger partial charge is 0.455 e. The molecule has 0 radical (unpaired) electrons. The number of rotatable bonds is 6. The third-order valence-electron chi connectivity index (χ3n) is 12.0. The Bertz CT molecular complexity index is 3080. The van der Waals surface area contributed by atoms with Crippen molar-refractivity contribution in [3.63, 3.8) is 0 Å². The summed E-state index contributed by atoms with van der Waals surface area (Å²) in [5.41, 5.74) is 17.3. The average molecular weight is 730 g/mol. The number of hydrogen-bond acceptors (Lipinski definition) is 2. The minimum absolute atomic E-state index is 0.144. The number of furan rings is 1. The average Bonchev–Trinajstić information content (AvgIpc) is 3.75. The first-order valence-electron chi connectivity index (χ1n) is 19.8. The second kappa shape index (κ2) is 13.0. The summed E-state index contributed by atoms with van der Waals surface area (Å²) >= 11 is 0. The van der Waals surface area contributed by atoms with Gasteiger partial charge >= 0.3 is 0 Å². The smallest absolute Gasteiger partial charge is 0.143 e. The predicted molar refractivity (Wildman–Crippen MR) is 240 cm³/mol. The van der Waals surface area contributed by atoms with E-state index >= 15 is 0 Å². The quantitative estimate of drug-likeness (QED) is 0.169. The zero-order valence-electron chi connectivity index (χ0n) is 31.9. The maximum Gasteiger partial charge on any atom is 0.143 e. The second-order valence-corrected chi connectivity index (χ2v) is 15.7. The van der Waals surface area contributed by atoms with Crippen LogP contribution in [-0.4, -0.2) is 0 Å². The molecule has 1 aromatic heterocycles. The van der Waals surface area contributed by atoms with Crippen molar-refractivity contribution in [3.8, 4) is 44.5 Å². The van der Waals surface area contributed by atoms with Crippen LogP contribution in [0.2, 0.25) is 0 Å². The molecule has 0 amide bonds. The van der Waals surface area contributed by atoms with Gasteiger partial charge in [-0.2, -0.15) is 0 Å². The van der Waals surface area contributed by atoms with Crippen LogP contribution < -0.4 is 4.90 Å². The molecular weight excluding hydrogens is 691 g/mol. The van der Waals surface area contributed by atoms with Gasteiger partial charge in [-0.05, 0) is 110 Å². The summed E-state index contributed by atoms with van der Waals surface area (Å²) in [5, 5.41) is 4.53. The highest BCUT2D eigenvalue weighted by Crippen LogP contribution is 2.51. The lowest BCUT2D eigenvalue weighted by atomic mass is 9.82. The number of anilines is 3. The molecule has 57 heavy (non-hydrogen) atoms. The number of fused-ring (bicyclic) bond motifs is 8. The molecule has 11 rings (SSSR count). The van der Waals surface area contributed by atoms with Gasteiger partial charge in [0.2, 0.25) is 0 Å². The van der Waals surface area contributed by atoms with Crippen LogP contribution in [0.3, 0.4) is 0 Å². The van der Waals surface area contributed by atoms with Crippen LogP contribution in [-0.2, 0) is 5.41 Å². The van der Waals surface area contributed by atoms with E-state index in [2.05, 4.69) is 219 Å². The lowest BCUT2D eigenvalue weighted by Gasteiger charge is -2.29. The third kappa shape index (κ3) is 5.40. The van der Waals surface area contributed by atoms with E-state index < -0.39 is 0 Å². The first-order valence-corrected chi connectivity index (χ1v) is 19.8. The molecule has 0 aliphatic heterocycles. The van der Waals surface area contributed by atoms with E-state index in [9.17, 15) is 0 Å². The molecule has 10 aromatic rings. The van der Waals surface area contributed by atoms with Crippen LogP contribution in [0.1, 0.15) is 25.0 Å². The topological polar surface area (TPSA) is 16.4 Å². The van der Waals surface area contributed by atoms with E-state index in [0.717, 1.165) is 55.5 Å². The molecule has 9 aromatic carbocycles. The Labute approximate surface area is 332 Å². The van der Waals surface area contributed by atoms with Gasteiger partial charge < -0.3 is 9.32 Å². The van der Waals surface area contributed by atoms with Crippen molar-refractivity contribution < 1.29 is 4.42 Å². The van der Waals surface area contributed by atoms with E-state index in [1.165, 1.54) is 49.9 Å². The van der Waals surface area contributed by atoms with Crippen LogP contribution in [0, 0.1) is 0 Å². The van der Waals surface area contributed by atoms with Crippen molar-refractivity contribution >= 4 is 49.8 Å². The zero-order chi connectivity index (χ0) is 38.1. The summed E-state index contributed by atoms with van der Waals surface area (Å²) in [7, 11) is 0. The maximum atomic E-state index is 6.93. The maximum absolute atomic E-state index is 6.93. The summed E-state index contributed by atoms with van der Waals surface area (Å²) in [5.74, 6) is 0. The van der Waals surface area contributed by atoms with Crippen molar-refractivity contribution in [2.75, 3.05) is 4.90 Å². The Balaban J connectivity index is 1.16. The molecular formula is C55H39NO. The summed E-state index contributed by atoms with van der Waals surface area (Å²) in [6.07, 6.45) is 0. The molecule has 1 heterocycles. The van der Waals surface area contributed by atoms with Gasteiger partial charge in [0.25, 0.3) is 0 Å². The van der Waals surface area contributed by atoms with Gasteiger partial charge in [-0.15, -0.1) is 0 Å². The zero-order valence-corrected chi connectivity index (χ0v) is 31.9. The molecule has 2 nitrogen and oxygen atoms in total. The molecule has 0 saturated carbocycles. The molecule has 1 aliphatic carbocycles. The van der Waals surface area contributed by atoms with E-state index in [1.807, 2.05) is 0 Å². The Hall–Kier alpha value is -7.16. The lowest BCUT2D eigenvalue weighted by Crippen LogP contribution is -2.16. The van der Waals surface area contributed by atoms with Crippen LogP contribution in [0.5, 0.6) is 0 Å². The van der Waals surface area contributed by atoms with Gasteiger partial charge in [0, 0.05) is 44.7 Å². The summed E-state index contributed by atoms with van der Waals surface area (Å²) < 4.78 is 6.93. The van der Waals surface area contributed by atoms with Crippen LogP contribution >= 0.6 is 0 Å². The standard InChI is InChI=1S/C55H39NO/c1-55(2)51-25-15-14-23-45(51)46-28-26-41(33-52(46)55)56(43-31-39(36-16-6-3-7-17-36)30-40(32-43)37-18-8-4-9-19-37)42-27-29-47-50-35-49(38-20-10-5-11-21-38)44-22-12-13-24-48(44)54(50)57-53(47)34-42/h3-35H,1-2H3. The van der Waals surface area contributed by atoms with Gasteiger partial charge in [0.1, 0.15) is 11.2 Å². The highest BCUT2D eigenvalue weighted by Gasteiger charge is 2.36. The Morgan fingerprint density at radius 3 is 1.61 bits per heavy atom. The molecule has 0 unspecified atom stereocenters. The van der Waals surface area contributed by atoms with Crippen molar-refractivity contribution in [3.05, 3.63) is 211 Å².